The molecule has 0 radical (unpaired) electrons. The van der Waals surface area contributed by atoms with Crippen LogP contribution in [0.2, 0.25) is 5.15 Å². The summed E-state index contributed by atoms with van der Waals surface area (Å²) in [4.78, 5) is 24.7. The van der Waals surface area contributed by atoms with Crippen LogP contribution in [0.1, 0.15) is 24.1 Å². The Morgan fingerprint density at radius 3 is 2.76 bits per heavy atom. The fourth-order valence-electron chi connectivity index (χ4n) is 2.47. The molecular formula is C14H18ClN3O3. The average molecular weight is 312 g/mol. The molecule has 0 saturated carbocycles. The van der Waals surface area contributed by atoms with E-state index in [2.05, 4.69) is 5.10 Å². The molecule has 0 unspecified atom stereocenters. The second-order valence-electron chi connectivity index (χ2n) is 5.21. The molecular weight excluding hydrogens is 294 g/mol. The number of rotatable bonds is 3. The van der Waals surface area contributed by atoms with Gasteiger partial charge in [-0.25, -0.2) is 0 Å². The summed E-state index contributed by atoms with van der Waals surface area (Å²) in [5, 5.41) is 13.7. The molecule has 1 N–H and O–H groups in total. The van der Waals surface area contributed by atoms with E-state index in [9.17, 15) is 9.59 Å². The van der Waals surface area contributed by atoms with Gasteiger partial charge < -0.3 is 10.0 Å². The molecule has 1 aromatic heterocycles. The van der Waals surface area contributed by atoms with E-state index in [1.165, 1.54) is 6.08 Å². The van der Waals surface area contributed by atoms with E-state index in [1.807, 2.05) is 6.92 Å². The van der Waals surface area contributed by atoms with Crippen molar-refractivity contribution < 1.29 is 14.7 Å². The number of carbonyl (C=O) groups excluding carboxylic acids is 1. The van der Waals surface area contributed by atoms with Gasteiger partial charge in [-0.05, 0) is 25.8 Å². The lowest BCUT2D eigenvalue weighted by molar-refractivity contribution is -0.144. The molecule has 6 nitrogen and oxygen atoms in total. The predicted molar refractivity (Wildman–Crippen MR) is 78.9 cm³/mol. The first-order valence-electron chi connectivity index (χ1n) is 6.79. The van der Waals surface area contributed by atoms with Gasteiger partial charge in [0.25, 0.3) is 0 Å². The normalized spacial score (nSPS) is 19.2. The number of carbonyl (C=O) groups is 2. The van der Waals surface area contributed by atoms with Gasteiger partial charge in [0.15, 0.2) is 0 Å². The molecule has 0 aromatic carbocycles. The van der Waals surface area contributed by atoms with Crippen molar-refractivity contribution in [2.24, 2.45) is 13.0 Å². The van der Waals surface area contributed by atoms with Crippen molar-refractivity contribution in [1.82, 2.24) is 14.7 Å². The zero-order valence-electron chi connectivity index (χ0n) is 12.0. The predicted octanol–water partition coefficient (Wildman–Crippen LogP) is 1.72. The smallest absolute Gasteiger partial charge is 0.308 e. The summed E-state index contributed by atoms with van der Waals surface area (Å²) in [7, 11) is 1.73. The number of aryl methyl sites for hydroxylation is 2. The molecule has 1 aliphatic rings. The number of aliphatic carboxylic acids is 1. The summed E-state index contributed by atoms with van der Waals surface area (Å²) in [6, 6.07) is 0. The highest BCUT2D eigenvalue weighted by molar-refractivity contribution is 6.31. The van der Waals surface area contributed by atoms with E-state index < -0.39 is 11.9 Å². The highest BCUT2D eigenvalue weighted by Gasteiger charge is 2.27. The van der Waals surface area contributed by atoms with Crippen molar-refractivity contribution in [3.8, 4) is 0 Å². The highest BCUT2D eigenvalue weighted by atomic mass is 35.5. The van der Waals surface area contributed by atoms with Crippen molar-refractivity contribution in [1.29, 1.82) is 0 Å². The molecule has 2 rings (SSSR count). The Balaban J connectivity index is 2.07. The number of halogens is 1. The van der Waals surface area contributed by atoms with Crippen LogP contribution in [0.25, 0.3) is 6.08 Å². The van der Waals surface area contributed by atoms with Crippen LogP contribution in [0.3, 0.4) is 0 Å². The van der Waals surface area contributed by atoms with E-state index in [4.69, 9.17) is 16.7 Å². The number of amides is 1. The molecule has 1 amide bonds. The van der Waals surface area contributed by atoms with Gasteiger partial charge in [0.1, 0.15) is 5.15 Å². The molecule has 1 aliphatic heterocycles. The number of nitrogens with zero attached hydrogens (tertiary/aromatic N) is 3. The first-order valence-corrected chi connectivity index (χ1v) is 7.17. The molecule has 1 atom stereocenters. The van der Waals surface area contributed by atoms with Gasteiger partial charge in [-0.2, -0.15) is 5.10 Å². The number of carboxylic acids is 1. The van der Waals surface area contributed by atoms with Gasteiger partial charge >= 0.3 is 5.97 Å². The molecule has 1 saturated heterocycles. The van der Waals surface area contributed by atoms with Gasteiger partial charge in [0.2, 0.25) is 5.91 Å². The van der Waals surface area contributed by atoms with Gasteiger partial charge in [0, 0.05) is 31.8 Å². The van der Waals surface area contributed by atoms with Crippen LogP contribution in [0.5, 0.6) is 0 Å². The lowest BCUT2D eigenvalue weighted by Crippen LogP contribution is -2.41. The molecule has 2 heterocycles. The Kier molecular flexibility index (Phi) is 4.67. The van der Waals surface area contributed by atoms with Crippen LogP contribution in [-0.2, 0) is 16.6 Å². The Hall–Kier alpha value is -1.82. The van der Waals surface area contributed by atoms with E-state index in [1.54, 1.807) is 22.7 Å². The standard InChI is InChI=1S/C14H18ClN3O3/c1-9-11(13(15)17(2)16-9)5-6-12(19)18-7-3-4-10(8-18)14(20)21/h5-6,10H,3-4,7-8H2,1-2H3,(H,20,21)/b6-5+/t10-/m1/s1. The first kappa shape index (κ1) is 15.6. The number of aromatic nitrogens is 2. The monoisotopic (exact) mass is 311 g/mol. The lowest BCUT2D eigenvalue weighted by atomic mass is 9.98. The summed E-state index contributed by atoms with van der Waals surface area (Å²) in [5.74, 6) is -1.51. The van der Waals surface area contributed by atoms with Crippen LogP contribution in [0.4, 0.5) is 0 Å². The zero-order chi connectivity index (χ0) is 15.6. The fraction of sp³-hybridized carbons (Fsp3) is 0.500. The van der Waals surface area contributed by atoms with Crippen molar-refractivity contribution in [3.63, 3.8) is 0 Å². The molecule has 0 aliphatic carbocycles. The van der Waals surface area contributed by atoms with Crippen LogP contribution >= 0.6 is 11.6 Å². The largest absolute Gasteiger partial charge is 0.481 e. The maximum absolute atomic E-state index is 12.1. The lowest BCUT2D eigenvalue weighted by Gasteiger charge is -2.29. The average Bonchev–Trinajstić information content (AvgIpc) is 2.70. The van der Waals surface area contributed by atoms with Gasteiger partial charge in [-0.15, -0.1) is 0 Å². The second kappa shape index (κ2) is 6.30. The van der Waals surface area contributed by atoms with Crippen molar-refractivity contribution in [2.45, 2.75) is 19.8 Å². The maximum Gasteiger partial charge on any atom is 0.308 e. The number of hydrogen-bond donors (Lipinski definition) is 1. The zero-order valence-corrected chi connectivity index (χ0v) is 12.8. The Labute approximate surface area is 128 Å². The summed E-state index contributed by atoms with van der Waals surface area (Å²) in [6.45, 7) is 2.67. The van der Waals surface area contributed by atoms with E-state index >= 15 is 0 Å². The summed E-state index contributed by atoms with van der Waals surface area (Å²) < 4.78 is 1.54. The molecule has 0 bridgehead atoms. The van der Waals surface area contributed by atoms with E-state index in [0.717, 1.165) is 5.69 Å². The maximum atomic E-state index is 12.1. The fourth-order valence-corrected chi connectivity index (χ4v) is 2.71. The summed E-state index contributed by atoms with van der Waals surface area (Å²) >= 11 is 6.09. The van der Waals surface area contributed by atoms with Crippen LogP contribution in [0, 0.1) is 12.8 Å². The number of hydrogen-bond acceptors (Lipinski definition) is 3. The minimum atomic E-state index is -0.845. The van der Waals surface area contributed by atoms with E-state index in [0.29, 0.717) is 30.1 Å². The quantitative estimate of drug-likeness (QED) is 0.862. The number of carboxylic acid groups (broad SMARTS) is 1. The third kappa shape index (κ3) is 3.44. The SMILES string of the molecule is Cc1nn(C)c(Cl)c1/C=C/C(=O)N1CCC[C@@H](C(=O)O)C1. The minimum Gasteiger partial charge on any atom is -0.481 e. The first-order chi connectivity index (χ1) is 9.90. The Morgan fingerprint density at radius 1 is 1.48 bits per heavy atom. The minimum absolute atomic E-state index is 0.194. The molecule has 0 spiro atoms. The molecule has 7 heteroatoms. The van der Waals surface area contributed by atoms with E-state index in [-0.39, 0.29) is 12.5 Å². The third-order valence-electron chi connectivity index (χ3n) is 3.67. The van der Waals surface area contributed by atoms with Crippen LogP contribution in [-0.4, -0.2) is 44.8 Å². The Bertz CT molecular complexity index is 595. The van der Waals surface area contributed by atoms with Gasteiger partial charge in [0.05, 0.1) is 11.6 Å². The molecule has 1 fully saturated rings. The van der Waals surface area contributed by atoms with Gasteiger partial charge in [-0.1, -0.05) is 11.6 Å². The molecule has 21 heavy (non-hydrogen) atoms. The number of piperidine rings is 1. The van der Waals surface area contributed by atoms with Crippen molar-refractivity contribution in [2.75, 3.05) is 13.1 Å². The topological polar surface area (TPSA) is 75.4 Å². The highest BCUT2D eigenvalue weighted by Crippen LogP contribution is 2.21. The molecule has 1 aromatic rings. The van der Waals surface area contributed by atoms with Crippen molar-refractivity contribution in [3.05, 3.63) is 22.5 Å². The summed E-state index contributed by atoms with van der Waals surface area (Å²) in [6.07, 6.45) is 4.40. The van der Waals surface area contributed by atoms with Crippen LogP contribution in [0.15, 0.2) is 6.08 Å². The number of likely N-dealkylation sites (tertiary alicyclic amines) is 1. The second-order valence-corrected chi connectivity index (χ2v) is 5.57. The summed E-state index contributed by atoms with van der Waals surface area (Å²) in [5.41, 5.74) is 1.45. The molecule has 114 valence electrons. The van der Waals surface area contributed by atoms with Gasteiger partial charge in [-0.3, -0.25) is 14.3 Å². The van der Waals surface area contributed by atoms with Crippen molar-refractivity contribution >= 4 is 29.6 Å². The third-order valence-corrected chi connectivity index (χ3v) is 4.12. The van der Waals surface area contributed by atoms with Crippen LogP contribution < -0.4 is 0 Å². The Morgan fingerprint density at radius 2 is 2.19 bits per heavy atom.